The molecule has 3 heteroatoms. The molecule has 0 radical (unpaired) electrons. The number of hydrogen-bond acceptors (Lipinski definition) is 2. The van der Waals surface area contributed by atoms with Gasteiger partial charge < -0.3 is 4.40 Å². The summed E-state index contributed by atoms with van der Waals surface area (Å²) >= 11 is 0. The van der Waals surface area contributed by atoms with Gasteiger partial charge in [-0.2, -0.15) is 0 Å². The molecule has 0 amide bonds. The fourth-order valence-corrected chi connectivity index (χ4v) is 3.05. The maximum absolute atomic E-state index is 4.67. The number of rotatable bonds is 2. The fourth-order valence-electron chi connectivity index (χ4n) is 3.05. The summed E-state index contributed by atoms with van der Waals surface area (Å²) in [7, 11) is 0. The van der Waals surface area contributed by atoms with E-state index in [1.54, 1.807) is 0 Å². The number of aryl methyl sites for hydroxylation is 1. The van der Waals surface area contributed by atoms with Crippen molar-refractivity contribution in [1.29, 1.82) is 0 Å². The molecule has 0 aromatic carbocycles. The van der Waals surface area contributed by atoms with Crippen molar-refractivity contribution in [2.75, 3.05) is 6.54 Å². The number of likely N-dealkylation sites (tertiary alicyclic amines) is 1. The zero-order valence-electron chi connectivity index (χ0n) is 11.4. The Hall–Kier alpha value is -1.35. The Morgan fingerprint density at radius 1 is 1.33 bits per heavy atom. The van der Waals surface area contributed by atoms with E-state index >= 15 is 0 Å². The molecule has 3 rings (SSSR count). The Balaban J connectivity index is 2.06. The van der Waals surface area contributed by atoms with Crippen molar-refractivity contribution in [3.05, 3.63) is 35.9 Å². The predicted octanol–water partition coefficient (Wildman–Crippen LogP) is 3.19. The van der Waals surface area contributed by atoms with Crippen molar-refractivity contribution in [2.45, 2.75) is 45.7 Å². The molecule has 0 saturated carbocycles. The van der Waals surface area contributed by atoms with Gasteiger partial charge in [0.05, 0.1) is 17.8 Å². The first-order valence-electron chi connectivity index (χ1n) is 6.86. The molecule has 0 bridgehead atoms. The van der Waals surface area contributed by atoms with Crippen LogP contribution in [0.3, 0.4) is 0 Å². The fraction of sp³-hybridized carbons (Fsp3) is 0.533. The number of nitrogens with zero attached hydrogens (tertiary/aromatic N) is 3. The molecule has 3 nitrogen and oxygen atoms in total. The summed E-state index contributed by atoms with van der Waals surface area (Å²) in [4.78, 5) is 7.24. The second-order valence-electron chi connectivity index (χ2n) is 5.61. The van der Waals surface area contributed by atoms with Crippen LogP contribution in [-0.4, -0.2) is 26.9 Å². The molecule has 3 heterocycles. The van der Waals surface area contributed by atoms with Gasteiger partial charge in [0, 0.05) is 12.2 Å². The maximum atomic E-state index is 4.67. The minimum Gasteiger partial charge on any atom is -0.302 e. The van der Waals surface area contributed by atoms with Crippen molar-refractivity contribution >= 4 is 5.52 Å². The standard InChI is InChI=1S/C15H21N3/c1-11(2)17-8-4-5-14(17)15-16-9-13-7-6-12(3)10-18(13)15/h6-7,9-11,14H,4-5,8H2,1-3H3. The predicted molar refractivity (Wildman–Crippen MR) is 73.7 cm³/mol. The summed E-state index contributed by atoms with van der Waals surface area (Å²) in [5.74, 6) is 1.21. The van der Waals surface area contributed by atoms with Crippen molar-refractivity contribution < 1.29 is 0 Å². The van der Waals surface area contributed by atoms with E-state index in [4.69, 9.17) is 0 Å². The van der Waals surface area contributed by atoms with Crippen molar-refractivity contribution in [3.8, 4) is 0 Å². The van der Waals surface area contributed by atoms with Crippen molar-refractivity contribution in [2.24, 2.45) is 0 Å². The Morgan fingerprint density at radius 2 is 2.17 bits per heavy atom. The van der Waals surface area contributed by atoms with Gasteiger partial charge >= 0.3 is 0 Å². The highest BCUT2D eigenvalue weighted by Gasteiger charge is 2.30. The first kappa shape index (κ1) is 11.7. The molecule has 1 unspecified atom stereocenters. The Morgan fingerprint density at radius 3 is 2.94 bits per heavy atom. The van der Waals surface area contributed by atoms with Crippen LogP contribution in [0.1, 0.15) is 44.1 Å². The monoisotopic (exact) mass is 243 g/mol. The molecule has 18 heavy (non-hydrogen) atoms. The summed E-state index contributed by atoms with van der Waals surface area (Å²) in [6.07, 6.45) is 6.70. The SMILES string of the molecule is Cc1ccc2cnc(C3CCCN3C(C)C)n2c1. The number of pyridine rings is 1. The lowest BCUT2D eigenvalue weighted by molar-refractivity contribution is 0.198. The Bertz CT molecular complexity index is 556. The van der Waals surface area contributed by atoms with Crippen LogP contribution in [0, 0.1) is 6.92 Å². The van der Waals surface area contributed by atoms with Gasteiger partial charge in [0.2, 0.25) is 0 Å². The van der Waals surface area contributed by atoms with E-state index < -0.39 is 0 Å². The molecule has 2 aromatic heterocycles. The minimum atomic E-state index is 0.481. The average Bonchev–Trinajstić information content (AvgIpc) is 2.92. The molecule has 1 fully saturated rings. The van der Waals surface area contributed by atoms with Gasteiger partial charge in [-0.3, -0.25) is 4.90 Å². The molecule has 1 atom stereocenters. The van der Waals surface area contributed by atoms with Crippen molar-refractivity contribution in [3.63, 3.8) is 0 Å². The molecule has 1 aliphatic rings. The van der Waals surface area contributed by atoms with E-state index in [0.29, 0.717) is 12.1 Å². The maximum Gasteiger partial charge on any atom is 0.130 e. The molecule has 0 aliphatic carbocycles. The third kappa shape index (κ3) is 1.83. The molecule has 0 N–H and O–H groups in total. The van der Waals surface area contributed by atoms with E-state index in [1.807, 2.05) is 6.20 Å². The van der Waals surface area contributed by atoms with E-state index in [0.717, 1.165) is 0 Å². The van der Waals surface area contributed by atoms with Crippen LogP contribution in [0.25, 0.3) is 5.52 Å². The quantitative estimate of drug-likeness (QED) is 0.807. The largest absolute Gasteiger partial charge is 0.302 e. The summed E-state index contributed by atoms with van der Waals surface area (Å²) in [5, 5.41) is 0. The lowest BCUT2D eigenvalue weighted by Crippen LogP contribution is -2.31. The van der Waals surface area contributed by atoms with Crippen molar-refractivity contribution in [1.82, 2.24) is 14.3 Å². The molecular weight excluding hydrogens is 222 g/mol. The molecule has 0 spiro atoms. The van der Waals surface area contributed by atoms with Gasteiger partial charge in [-0.25, -0.2) is 4.98 Å². The average molecular weight is 243 g/mol. The summed E-state index contributed by atoms with van der Waals surface area (Å²) in [6.45, 7) is 7.89. The Kier molecular flexibility index (Phi) is 2.86. The van der Waals surface area contributed by atoms with E-state index in [9.17, 15) is 0 Å². The lowest BCUT2D eigenvalue weighted by atomic mass is 10.2. The Labute approximate surface area is 108 Å². The van der Waals surface area contributed by atoms with Crippen LogP contribution in [0.2, 0.25) is 0 Å². The first-order chi connectivity index (χ1) is 8.66. The zero-order valence-corrected chi connectivity index (χ0v) is 11.4. The van der Waals surface area contributed by atoms with Crippen LogP contribution < -0.4 is 0 Å². The third-order valence-electron chi connectivity index (χ3n) is 3.96. The molecule has 1 aliphatic heterocycles. The van der Waals surface area contributed by atoms with Crippen LogP contribution >= 0.6 is 0 Å². The molecular formula is C15H21N3. The highest BCUT2D eigenvalue weighted by Crippen LogP contribution is 2.33. The minimum absolute atomic E-state index is 0.481. The van der Waals surface area contributed by atoms with Crippen LogP contribution in [-0.2, 0) is 0 Å². The first-order valence-corrected chi connectivity index (χ1v) is 6.86. The van der Waals surface area contributed by atoms with Crippen LogP contribution in [0.4, 0.5) is 0 Å². The molecule has 96 valence electrons. The number of hydrogen-bond donors (Lipinski definition) is 0. The normalized spacial score (nSPS) is 21.2. The second kappa shape index (κ2) is 4.39. The summed E-state index contributed by atoms with van der Waals surface area (Å²) in [6, 6.07) is 5.37. The van der Waals surface area contributed by atoms with Gasteiger partial charge in [0.1, 0.15) is 5.82 Å². The number of fused-ring (bicyclic) bond motifs is 1. The topological polar surface area (TPSA) is 20.5 Å². The van der Waals surface area contributed by atoms with E-state index in [1.165, 1.54) is 36.3 Å². The smallest absolute Gasteiger partial charge is 0.130 e. The van der Waals surface area contributed by atoms with Gasteiger partial charge in [0.25, 0.3) is 0 Å². The zero-order chi connectivity index (χ0) is 12.7. The lowest BCUT2D eigenvalue weighted by Gasteiger charge is -2.27. The van der Waals surface area contributed by atoms with Gasteiger partial charge in [0.15, 0.2) is 0 Å². The summed E-state index contributed by atoms with van der Waals surface area (Å²) < 4.78 is 2.26. The van der Waals surface area contributed by atoms with E-state index in [-0.39, 0.29) is 0 Å². The van der Waals surface area contributed by atoms with Crippen LogP contribution in [0.15, 0.2) is 24.5 Å². The number of aromatic nitrogens is 2. The second-order valence-corrected chi connectivity index (χ2v) is 5.61. The molecule has 1 saturated heterocycles. The molecule has 2 aromatic rings. The highest BCUT2D eigenvalue weighted by atomic mass is 15.2. The van der Waals surface area contributed by atoms with E-state index in [2.05, 4.69) is 53.4 Å². The van der Waals surface area contributed by atoms with Gasteiger partial charge in [-0.1, -0.05) is 6.07 Å². The van der Waals surface area contributed by atoms with Gasteiger partial charge in [-0.05, 0) is 51.8 Å². The summed E-state index contributed by atoms with van der Waals surface area (Å²) in [5.41, 5.74) is 2.49. The van der Waals surface area contributed by atoms with Crippen LogP contribution in [0.5, 0.6) is 0 Å². The highest BCUT2D eigenvalue weighted by molar-refractivity contribution is 5.47. The number of imidazole rings is 1. The van der Waals surface area contributed by atoms with Gasteiger partial charge in [-0.15, -0.1) is 0 Å². The third-order valence-corrected chi connectivity index (χ3v) is 3.96.